The number of hydrogen-bond acceptors (Lipinski definition) is 6. The summed E-state index contributed by atoms with van der Waals surface area (Å²) in [5.74, 6) is -2.06. The summed E-state index contributed by atoms with van der Waals surface area (Å²) >= 11 is 0. The summed E-state index contributed by atoms with van der Waals surface area (Å²) in [5, 5.41) is 12.5. The molecule has 1 fully saturated rings. The van der Waals surface area contributed by atoms with Gasteiger partial charge < -0.3 is 19.9 Å². The number of rotatable bonds is 8. The van der Waals surface area contributed by atoms with Gasteiger partial charge in [-0.05, 0) is 67.1 Å². The number of halogens is 3. The molecule has 1 saturated heterocycles. The fourth-order valence-corrected chi connectivity index (χ4v) is 5.98. The Hall–Kier alpha value is -3.61. The minimum absolute atomic E-state index is 0.00921. The molecule has 0 unspecified atom stereocenters. The Balaban J connectivity index is 1.28. The maximum Gasteiger partial charge on any atom is 0.261 e. The van der Waals surface area contributed by atoms with Gasteiger partial charge in [0.15, 0.2) is 0 Å². The number of sulfonamides is 1. The fraction of sp³-hybridized carbons (Fsp3) is 0.296. The summed E-state index contributed by atoms with van der Waals surface area (Å²) in [6, 6.07) is 12.2. The maximum absolute atomic E-state index is 13.9. The predicted molar refractivity (Wildman–Crippen MR) is 134 cm³/mol. The molecule has 3 aromatic carbocycles. The largest absolute Gasteiger partial charge is 0.487 e. The molecule has 2 aliphatic heterocycles. The first kappa shape index (κ1) is 27.0. The number of ether oxygens (including phenoxy) is 2. The quantitative estimate of drug-likeness (QED) is 0.387. The third-order valence-electron chi connectivity index (χ3n) is 6.77. The van der Waals surface area contributed by atoms with Crippen molar-refractivity contribution >= 4 is 21.6 Å². The van der Waals surface area contributed by atoms with Crippen LogP contribution in [0, 0.1) is 17.5 Å². The van der Waals surface area contributed by atoms with Gasteiger partial charge in [0.2, 0.25) is 5.91 Å². The van der Waals surface area contributed by atoms with Crippen molar-refractivity contribution in [2.24, 2.45) is 0 Å². The maximum atomic E-state index is 13.9. The number of amides is 1. The molecule has 0 bridgehead atoms. The second-order valence-electron chi connectivity index (χ2n) is 9.43. The molecule has 3 N–H and O–H groups in total. The number of benzene rings is 3. The molecule has 3 aromatic rings. The van der Waals surface area contributed by atoms with Crippen LogP contribution in [0.4, 0.5) is 18.9 Å². The second-order valence-corrected chi connectivity index (χ2v) is 11.1. The molecule has 0 radical (unpaired) electrons. The fourth-order valence-electron chi connectivity index (χ4n) is 4.93. The van der Waals surface area contributed by atoms with E-state index in [4.69, 9.17) is 9.47 Å². The van der Waals surface area contributed by atoms with Crippen molar-refractivity contribution in [1.82, 2.24) is 5.32 Å². The van der Waals surface area contributed by atoms with Crippen molar-refractivity contribution in [2.75, 3.05) is 11.3 Å². The molecule has 12 heteroatoms. The number of carbonyl (C=O) groups excluding carboxylic acids is 1. The highest BCUT2D eigenvalue weighted by Crippen LogP contribution is 2.47. The summed E-state index contributed by atoms with van der Waals surface area (Å²) in [5.41, 5.74) is 0.962. The molecule has 0 saturated carbocycles. The van der Waals surface area contributed by atoms with Crippen LogP contribution in [0.5, 0.6) is 5.75 Å². The minimum Gasteiger partial charge on any atom is -0.487 e. The molecule has 1 amide bonds. The first-order chi connectivity index (χ1) is 18.6. The molecule has 4 atom stereocenters. The second kappa shape index (κ2) is 10.9. The van der Waals surface area contributed by atoms with E-state index in [9.17, 15) is 31.5 Å². The standard InChI is InChI=1S/C27H25F3N2O6S/c28-16-1-5-20(6-2-16)39(35,36)32-18-4-8-24-21(10-18)22-11-19(37-25(14-33)27(22)38-24)12-26(34)31-13-15-9-17(29)3-7-23(15)30/h1-10,19,22,25,27,32-33H,11-14H2,(H,31,34)/t19-,22+,25-,27-/m1/s1. The molecular formula is C27H25F3N2O6S. The van der Waals surface area contributed by atoms with E-state index >= 15 is 0 Å². The zero-order valence-electron chi connectivity index (χ0n) is 20.4. The first-order valence-electron chi connectivity index (χ1n) is 12.2. The third kappa shape index (κ3) is 5.87. The van der Waals surface area contributed by atoms with Crippen LogP contribution in [0.25, 0.3) is 0 Å². The summed E-state index contributed by atoms with van der Waals surface area (Å²) < 4.78 is 80.4. The van der Waals surface area contributed by atoms with E-state index in [1.807, 2.05) is 0 Å². The Morgan fingerprint density at radius 1 is 1.00 bits per heavy atom. The average Bonchev–Trinajstić information content (AvgIpc) is 3.26. The zero-order valence-corrected chi connectivity index (χ0v) is 21.3. The van der Waals surface area contributed by atoms with Crippen LogP contribution >= 0.6 is 0 Å². The van der Waals surface area contributed by atoms with Crippen molar-refractivity contribution in [3.05, 3.63) is 89.2 Å². The van der Waals surface area contributed by atoms with Crippen molar-refractivity contribution in [2.45, 2.75) is 48.5 Å². The Morgan fingerprint density at radius 2 is 1.74 bits per heavy atom. The molecule has 8 nitrogen and oxygen atoms in total. The van der Waals surface area contributed by atoms with Crippen LogP contribution in [-0.2, 0) is 26.1 Å². The lowest BCUT2D eigenvalue weighted by Gasteiger charge is -2.37. The van der Waals surface area contributed by atoms with Crippen LogP contribution in [0.3, 0.4) is 0 Å². The number of carbonyl (C=O) groups is 1. The van der Waals surface area contributed by atoms with Gasteiger partial charge in [0.1, 0.15) is 35.4 Å². The van der Waals surface area contributed by atoms with E-state index < -0.39 is 51.7 Å². The average molecular weight is 563 g/mol. The molecule has 0 aromatic heterocycles. The molecule has 0 aliphatic carbocycles. The van der Waals surface area contributed by atoms with Crippen LogP contribution in [0.15, 0.2) is 65.6 Å². The van der Waals surface area contributed by atoms with Crippen molar-refractivity contribution < 1.29 is 41.0 Å². The van der Waals surface area contributed by atoms with E-state index in [1.165, 1.54) is 6.07 Å². The lowest BCUT2D eigenvalue weighted by Crippen LogP contribution is -2.47. The first-order valence-corrected chi connectivity index (χ1v) is 13.7. The van der Waals surface area contributed by atoms with E-state index in [1.54, 1.807) is 12.1 Å². The van der Waals surface area contributed by atoms with Gasteiger partial charge in [-0.25, -0.2) is 21.6 Å². The van der Waals surface area contributed by atoms with Gasteiger partial charge in [0.05, 0.1) is 24.0 Å². The molecule has 39 heavy (non-hydrogen) atoms. The number of nitrogens with one attached hydrogen (secondary N) is 2. The van der Waals surface area contributed by atoms with E-state index in [-0.39, 0.29) is 41.6 Å². The van der Waals surface area contributed by atoms with Gasteiger partial charge in [-0.2, -0.15) is 0 Å². The zero-order chi connectivity index (χ0) is 27.7. The van der Waals surface area contributed by atoms with Crippen LogP contribution in [0.1, 0.15) is 29.9 Å². The summed E-state index contributed by atoms with van der Waals surface area (Å²) in [7, 11) is -3.98. The molecule has 206 valence electrons. The molecular weight excluding hydrogens is 537 g/mol. The van der Waals surface area contributed by atoms with Crippen LogP contribution in [-0.4, -0.2) is 44.4 Å². The summed E-state index contributed by atoms with van der Waals surface area (Å²) in [4.78, 5) is 12.5. The van der Waals surface area contributed by atoms with Crippen molar-refractivity contribution in [1.29, 1.82) is 0 Å². The number of hydrogen-bond donors (Lipinski definition) is 3. The number of aliphatic hydroxyl groups is 1. The van der Waals surface area contributed by atoms with E-state index in [0.717, 1.165) is 42.5 Å². The SMILES string of the molecule is O=C(C[C@H]1C[C@H]2c3cc(NS(=O)(=O)c4ccc(F)cc4)ccc3O[C@H]2[C@@H](CO)O1)NCc1cc(F)ccc1F. The van der Waals surface area contributed by atoms with Crippen molar-refractivity contribution in [3.63, 3.8) is 0 Å². The van der Waals surface area contributed by atoms with Gasteiger partial charge >= 0.3 is 0 Å². The highest BCUT2D eigenvalue weighted by Gasteiger charge is 2.46. The Kier molecular flexibility index (Phi) is 7.52. The lowest BCUT2D eigenvalue weighted by atomic mass is 9.84. The van der Waals surface area contributed by atoms with E-state index in [0.29, 0.717) is 17.7 Å². The highest BCUT2D eigenvalue weighted by molar-refractivity contribution is 7.92. The highest BCUT2D eigenvalue weighted by atomic mass is 32.2. The monoisotopic (exact) mass is 562 g/mol. The Morgan fingerprint density at radius 3 is 2.49 bits per heavy atom. The minimum atomic E-state index is -3.98. The molecule has 2 heterocycles. The topological polar surface area (TPSA) is 114 Å². The van der Waals surface area contributed by atoms with E-state index in [2.05, 4.69) is 10.0 Å². The number of anilines is 1. The van der Waals surface area contributed by atoms with Gasteiger partial charge in [-0.1, -0.05) is 0 Å². The van der Waals surface area contributed by atoms with Gasteiger partial charge in [-0.3, -0.25) is 9.52 Å². The Labute approximate surface area is 222 Å². The summed E-state index contributed by atoms with van der Waals surface area (Å²) in [6.07, 6.45) is -1.66. The van der Waals surface area contributed by atoms with Crippen molar-refractivity contribution in [3.8, 4) is 5.75 Å². The lowest BCUT2D eigenvalue weighted by molar-refractivity contribution is -0.142. The van der Waals surface area contributed by atoms with Gasteiger partial charge in [-0.15, -0.1) is 0 Å². The summed E-state index contributed by atoms with van der Waals surface area (Å²) in [6.45, 7) is -0.569. The number of fused-ring (bicyclic) bond motifs is 3. The molecule has 2 aliphatic rings. The van der Waals surface area contributed by atoms with Gasteiger partial charge in [0, 0.05) is 29.3 Å². The van der Waals surface area contributed by atoms with Crippen LogP contribution in [0.2, 0.25) is 0 Å². The predicted octanol–water partition coefficient (Wildman–Crippen LogP) is 3.61. The molecule has 5 rings (SSSR count). The Bertz CT molecular complexity index is 1490. The number of aliphatic hydroxyl groups excluding tert-OH is 1. The normalized spacial score (nSPS) is 21.9. The third-order valence-corrected chi connectivity index (χ3v) is 8.17. The van der Waals surface area contributed by atoms with Crippen LogP contribution < -0.4 is 14.8 Å². The smallest absolute Gasteiger partial charge is 0.261 e. The molecule has 0 spiro atoms. The van der Waals surface area contributed by atoms with Gasteiger partial charge in [0.25, 0.3) is 10.0 Å².